The summed E-state index contributed by atoms with van der Waals surface area (Å²) in [5.74, 6) is -0.890. The van der Waals surface area contributed by atoms with E-state index in [2.05, 4.69) is 17.6 Å². The average Bonchev–Trinajstić information content (AvgIpc) is 2.90. The number of carbonyl (C=O) groups is 3. The molecule has 0 spiro atoms. The monoisotopic (exact) mass is 611 g/mol. The fourth-order valence-corrected chi connectivity index (χ4v) is 4.94. The lowest BCUT2D eigenvalue weighted by atomic mass is 9.96. The number of nitrogens with one attached hydrogen (secondary N) is 2. The lowest BCUT2D eigenvalue weighted by Gasteiger charge is -2.36. The number of ether oxygens (including phenoxy) is 1. The molecular formula is C35H53N3O6. The zero-order chi connectivity index (χ0) is 33.1. The number of carbonyl (C=O) groups excluding carboxylic acids is 3. The normalized spacial score (nSPS) is 13.1. The van der Waals surface area contributed by atoms with Crippen molar-refractivity contribution >= 4 is 17.9 Å². The van der Waals surface area contributed by atoms with E-state index in [9.17, 15) is 24.6 Å². The Bertz CT molecular complexity index is 1230. The minimum absolute atomic E-state index is 0.0579. The Balaban J connectivity index is 2.61. The molecule has 2 aromatic rings. The van der Waals surface area contributed by atoms with Gasteiger partial charge in [0.2, 0.25) is 11.8 Å². The first kappa shape index (κ1) is 36.4. The zero-order valence-electron chi connectivity index (χ0n) is 27.8. The number of nitrogens with zero attached hydrogens (tertiary/aromatic N) is 1. The van der Waals surface area contributed by atoms with Crippen LogP contribution in [0.3, 0.4) is 0 Å². The number of amides is 3. The van der Waals surface area contributed by atoms with Gasteiger partial charge in [-0.3, -0.25) is 9.59 Å². The molecule has 0 bridgehead atoms. The second-order valence-corrected chi connectivity index (χ2v) is 13.5. The van der Waals surface area contributed by atoms with Crippen LogP contribution >= 0.6 is 0 Å². The fourth-order valence-electron chi connectivity index (χ4n) is 4.94. The van der Waals surface area contributed by atoms with E-state index in [0.29, 0.717) is 23.1 Å². The third-order valence-corrected chi connectivity index (χ3v) is 7.02. The van der Waals surface area contributed by atoms with Crippen LogP contribution in [0.4, 0.5) is 4.79 Å². The molecule has 9 nitrogen and oxygen atoms in total. The highest BCUT2D eigenvalue weighted by molar-refractivity contribution is 5.93. The van der Waals surface area contributed by atoms with E-state index in [1.807, 2.05) is 20.8 Å². The van der Waals surface area contributed by atoms with Crippen molar-refractivity contribution in [2.45, 2.75) is 124 Å². The number of phenols is 2. The number of hydrogen-bond donors (Lipinski definition) is 4. The molecule has 0 fully saturated rings. The second kappa shape index (κ2) is 16.4. The molecule has 0 saturated carbocycles. The lowest BCUT2D eigenvalue weighted by Crippen LogP contribution is -2.55. The molecular weight excluding hydrogens is 558 g/mol. The Morgan fingerprint density at radius 2 is 1.50 bits per heavy atom. The van der Waals surface area contributed by atoms with Crippen LogP contribution < -0.4 is 10.6 Å². The van der Waals surface area contributed by atoms with Gasteiger partial charge in [0.05, 0.1) is 0 Å². The Kier molecular flexibility index (Phi) is 13.5. The van der Waals surface area contributed by atoms with Gasteiger partial charge in [-0.25, -0.2) is 4.79 Å². The van der Waals surface area contributed by atoms with Crippen LogP contribution in [0, 0.1) is 6.92 Å². The summed E-state index contributed by atoms with van der Waals surface area (Å²) in [5.41, 5.74) is 0.189. The van der Waals surface area contributed by atoms with Crippen molar-refractivity contribution in [3.05, 3.63) is 59.2 Å². The molecule has 0 aliphatic heterocycles. The summed E-state index contributed by atoms with van der Waals surface area (Å²) in [4.78, 5) is 43.1. The van der Waals surface area contributed by atoms with Gasteiger partial charge < -0.3 is 30.5 Å². The average molecular weight is 612 g/mol. The van der Waals surface area contributed by atoms with E-state index in [1.165, 1.54) is 17.0 Å². The Labute approximate surface area is 263 Å². The third-order valence-electron chi connectivity index (χ3n) is 7.02. The Hall–Kier alpha value is -3.75. The molecule has 0 saturated heterocycles. The summed E-state index contributed by atoms with van der Waals surface area (Å²) in [5, 5.41) is 26.7. The summed E-state index contributed by atoms with van der Waals surface area (Å²) in [7, 11) is 0. The van der Waals surface area contributed by atoms with Gasteiger partial charge in [0.1, 0.15) is 29.2 Å². The number of phenolic OH excluding ortho intramolecular Hbond substituents is 2. The first-order valence-electron chi connectivity index (χ1n) is 15.7. The molecule has 0 radical (unpaired) electrons. The maximum Gasteiger partial charge on any atom is 0.408 e. The van der Waals surface area contributed by atoms with Gasteiger partial charge >= 0.3 is 6.09 Å². The number of hydrogen-bond acceptors (Lipinski definition) is 6. The first-order valence-corrected chi connectivity index (χ1v) is 15.7. The van der Waals surface area contributed by atoms with Gasteiger partial charge in [0, 0.05) is 24.1 Å². The van der Waals surface area contributed by atoms with Crippen molar-refractivity contribution in [1.29, 1.82) is 0 Å². The van der Waals surface area contributed by atoms with E-state index in [0.717, 1.165) is 32.1 Å². The molecule has 0 aliphatic rings. The summed E-state index contributed by atoms with van der Waals surface area (Å²) in [6.07, 6.45) is 5.16. The zero-order valence-corrected chi connectivity index (χ0v) is 27.8. The molecule has 0 aromatic heterocycles. The fraction of sp³-hybridized carbons (Fsp3) is 0.571. The summed E-state index contributed by atoms with van der Waals surface area (Å²) < 4.78 is 5.50. The molecule has 244 valence electrons. The van der Waals surface area contributed by atoms with Gasteiger partial charge in [-0.1, -0.05) is 69.4 Å². The molecule has 3 amide bonds. The van der Waals surface area contributed by atoms with Crippen LogP contribution in [0.15, 0.2) is 42.5 Å². The van der Waals surface area contributed by atoms with Crippen LogP contribution in [0.2, 0.25) is 0 Å². The molecule has 2 atom stereocenters. The number of benzene rings is 2. The minimum atomic E-state index is -1.15. The van der Waals surface area contributed by atoms with Gasteiger partial charge in [-0.15, -0.1) is 0 Å². The predicted molar refractivity (Wildman–Crippen MR) is 174 cm³/mol. The van der Waals surface area contributed by atoms with Crippen molar-refractivity contribution in [2.75, 3.05) is 6.54 Å². The van der Waals surface area contributed by atoms with E-state index in [4.69, 9.17) is 4.74 Å². The van der Waals surface area contributed by atoms with Crippen molar-refractivity contribution in [2.24, 2.45) is 0 Å². The number of rotatable bonds is 14. The second-order valence-electron chi connectivity index (χ2n) is 13.5. The maximum atomic E-state index is 14.6. The van der Waals surface area contributed by atoms with Crippen LogP contribution in [-0.4, -0.2) is 56.7 Å². The number of para-hydroxylation sites is 1. The van der Waals surface area contributed by atoms with Gasteiger partial charge in [0.25, 0.3) is 0 Å². The molecule has 0 aliphatic carbocycles. The van der Waals surface area contributed by atoms with Crippen molar-refractivity contribution in [3.63, 3.8) is 0 Å². The Morgan fingerprint density at radius 3 is 2.09 bits per heavy atom. The van der Waals surface area contributed by atoms with Gasteiger partial charge in [-0.05, 0) is 78.1 Å². The smallest absolute Gasteiger partial charge is 0.408 e. The standard InChI is InChI=1S/C35H53N3O6/c1-9-10-11-12-13-14-22-38(29(31(41)37-34(3,4)5)27-17-15-16-24(2)30(27)40)32(42)28(36-33(43)44-35(6,7)8)23-25-18-20-26(39)21-19-25/h15-21,28-29,39-40H,9-14,22-23H2,1-8H3,(H,36,43)(H,37,41). The Morgan fingerprint density at radius 1 is 0.886 bits per heavy atom. The third kappa shape index (κ3) is 12.1. The van der Waals surface area contributed by atoms with E-state index >= 15 is 0 Å². The minimum Gasteiger partial charge on any atom is -0.508 e. The highest BCUT2D eigenvalue weighted by atomic mass is 16.6. The predicted octanol–water partition coefficient (Wildman–Crippen LogP) is 6.69. The van der Waals surface area contributed by atoms with Crippen molar-refractivity contribution in [1.82, 2.24) is 15.5 Å². The van der Waals surface area contributed by atoms with Gasteiger partial charge in [-0.2, -0.15) is 0 Å². The van der Waals surface area contributed by atoms with E-state index in [1.54, 1.807) is 58.0 Å². The highest BCUT2D eigenvalue weighted by Crippen LogP contribution is 2.33. The quantitative estimate of drug-likeness (QED) is 0.176. The number of aryl methyl sites for hydroxylation is 1. The molecule has 4 N–H and O–H groups in total. The number of unbranched alkanes of at least 4 members (excludes halogenated alkanes) is 5. The molecule has 0 heterocycles. The molecule has 2 unspecified atom stereocenters. The first-order chi connectivity index (χ1) is 20.5. The number of alkyl carbamates (subject to hydrolysis) is 1. The van der Waals surface area contributed by atoms with Crippen LogP contribution in [0.5, 0.6) is 11.5 Å². The molecule has 2 aromatic carbocycles. The van der Waals surface area contributed by atoms with Crippen LogP contribution in [-0.2, 0) is 20.7 Å². The summed E-state index contributed by atoms with van der Waals surface area (Å²) >= 11 is 0. The van der Waals surface area contributed by atoms with E-state index in [-0.39, 0.29) is 24.5 Å². The largest absolute Gasteiger partial charge is 0.508 e. The SMILES string of the molecule is CCCCCCCCN(C(=O)C(Cc1ccc(O)cc1)NC(=O)OC(C)(C)C)C(C(=O)NC(C)(C)C)c1cccc(C)c1O. The molecule has 2 rings (SSSR count). The summed E-state index contributed by atoms with van der Waals surface area (Å²) in [6, 6.07) is 9.31. The van der Waals surface area contributed by atoms with Crippen molar-refractivity contribution < 1.29 is 29.3 Å². The van der Waals surface area contributed by atoms with E-state index < -0.39 is 41.1 Å². The maximum absolute atomic E-state index is 14.6. The number of aromatic hydroxyl groups is 2. The molecule has 9 heteroatoms. The topological polar surface area (TPSA) is 128 Å². The summed E-state index contributed by atoms with van der Waals surface area (Å²) in [6.45, 7) is 14.9. The molecule has 44 heavy (non-hydrogen) atoms. The van der Waals surface area contributed by atoms with Crippen molar-refractivity contribution in [3.8, 4) is 11.5 Å². The van der Waals surface area contributed by atoms with Gasteiger partial charge in [0.15, 0.2) is 0 Å². The van der Waals surface area contributed by atoms with Crippen LogP contribution in [0.25, 0.3) is 0 Å². The van der Waals surface area contributed by atoms with Crippen LogP contribution in [0.1, 0.15) is 110 Å². The highest BCUT2D eigenvalue weighted by Gasteiger charge is 2.38. The lowest BCUT2D eigenvalue weighted by molar-refractivity contribution is -0.143.